The van der Waals surface area contributed by atoms with Gasteiger partial charge in [-0.05, 0) is 50.7 Å². The van der Waals surface area contributed by atoms with E-state index in [0.717, 1.165) is 48.9 Å². The summed E-state index contributed by atoms with van der Waals surface area (Å²) >= 11 is 7.20. The molecule has 1 aromatic rings. The third-order valence-electron chi connectivity index (χ3n) is 5.57. The monoisotopic (exact) mass is 541 g/mol. The summed E-state index contributed by atoms with van der Waals surface area (Å²) in [6.45, 7) is 5.64. The van der Waals surface area contributed by atoms with E-state index in [9.17, 15) is 23.6 Å². The first-order valence-corrected chi connectivity index (χ1v) is 13.6. The Balaban J connectivity index is 2.34. The Hall–Kier alpha value is -2.39. The van der Waals surface area contributed by atoms with Crippen LogP contribution in [0.1, 0.15) is 72.1 Å². The van der Waals surface area contributed by atoms with Crippen LogP contribution in [-0.2, 0) is 28.7 Å². The van der Waals surface area contributed by atoms with Crippen molar-refractivity contribution in [1.29, 1.82) is 0 Å². The zero-order chi connectivity index (χ0) is 26.7. The summed E-state index contributed by atoms with van der Waals surface area (Å²) in [4.78, 5) is 51.7. The average Bonchev–Trinajstić information content (AvgIpc) is 2.84. The molecule has 36 heavy (non-hydrogen) atoms. The lowest BCUT2D eigenvalue weighted by Gasteiger charge is -2.25. The first kappa shape index (κ1) is 29.8. The minimum absolute atomic E-state index is 0.0376. The van der Waals surface area contributed by atoms with Crippen molar-refractivity contribution in [3.63, 3.8) is 0 Å². The number of amides is 2. The van der Waals surface area contributed by atoms with Crippen molar-refractivity contribution in [2.24, 2.45) is 0 Å². The van der Waals surface area contributed by atoms with E-state index in [1.54, 1.807) is 0 Å². The van der Waals surface area contributed by atoms with Gasteiger partial charge in [0.1, 0.15) is 5.82 Å². The highest BCUT2D eigenvalue weighted by Gasteiger charge is 2.32. The van der Waals surface area contributed by atoms with Crippen molar-refractivity contribution in [3.8, 4) is 0 Å². The van der Waals surface area contributed by atoms with Gasteiger partial charge >= 0.3 is 11.9 Å². The van der Waals surface area contributed by atoms with E-state index in [2.05, 4.69) is 0 Å². The molecule has 0 aromatic heterocycles. The van der Waals surface area contributed by atoms with Crippen LogP contribution in [0.4, 0.5) is 10.1 Å². The number of halogens is 2. The molecule has 2 amide bonds. The molecule has 0 fully saturated rings. The molecule has 0 aliphatic heterocycles. The second kappa shape index (κ2) is 15.0. The van der Waals surface area contributed by atoms with Gasteiger partial charge in [0.25, 0.3) is 5.91 Å². The number of thioether (sulfide) groups is 1. The number of anilines is 1. The van der Waals surface area contributed by atoms with E-state index < -0.39 is 29.6 Å². The minimum Gasteiger partial charge on any atom is -0.465 e. The summed E-state index contributed by atoms with van der Waals surface area (Å²) < 4.78 is 25.4. The molecule has 0 unspecified atom stereocenters. The molecule has 2 rings (SSSR count). The van der Waals surface area contributed by atoms with Crippen LogP contribution in [0.2, 0.25) is 5.02 Å². The van der Waals surface area contributed by atoms with Crippen LogP contribution in [0.3, 0.4) is 0 Å². The first-order valence-electron chi connectivity index (χ1n) is 12.2. The van der Waals surface area contributed by atoms with E-state index in [-0.39, 0.29) is 40.6 Å². The second-order valence-electron chi connectivity index (χ2n) is 8.41. The number of unbranched alkanes of at least 4 members (excludes halogenated alkanes) is 2. The first-order chi connectivity index (χ1) is 17.2. The number of imide groups is 1. The Kier molecular flexibility index (Phi) is 12.4. The largest absolute Gasteiger partial charge is 0.465 e. The van der Waals surface area contributed by atoms with Gasteiger partial charge in [0.05, 0.1) is 29.7 Å². The number of esters is 2. The molecule has 198 valence electrons. The molecule has 0 bridgehead atoms. The zero-order valence-electron chi connectivity index (χ0n) is 21.0. The molecular formula is C26H33ClFNO6S. The van der Waals surface area contributed by atoms with Gasteiger partial charge in [-0.15, -0.1) is 11.8 Å². The molecule has 0 spiro atoms. The van der Waals surface area contributed by atoms with Crippen LogP contribution in [0.25, 0.3) is 0 Å². The van der Waals surface area contributed by atoms with Crippen molar-refractivity contribution in [3.05, 3.63) is 34.1 Å². The van der Waals surface area contributed by atoms with Gasteiger partial charge in [-0.1, -0.05) is 38.3 Å². The Labute approximate surface area is 220 Å². The molecule has 7 nitrogen and oxygen atoms in total. The van der Waals surface area contributed by atoms with Crippen molar-refractivity contribution >= 4 is 52.8 Å². The summed E-state index contributed by atoms with van der Waals surface area (Å²) in [6, 6.07) is 2.27. The van der Waals surface area contributed by atoms with Crippen molar-refractivity contribution < 1.29 is 33.0 Å². The number of benzene rings is 1. The Morgan fingerprint density at radius 3 is 2.22 bits per heavy atom. The number of rotatable bonds is 12. The Morgan fingerprint density at radius 2 is 1.61 bits per heavy atom. The third kappa shape index (κ3) is 8.34. The molecule has 0 atom stereocenters. The van der Waals surface area contributed by atoms with Crippen molar-refractivity contribution in [1.82, 2.24) is 0 Å². The van der Waals surface area contributed by atoms with E-state index >= 15 is 0 Å². The van der Waals surface area contributed by atoms with Gasteiger partial charge in [-0.2, -0.15) is 0 Å². The highest BCUT2D eigenvalue weighted by atomic mass is 35.5. The highest BCUT2D eigenvalue weighted by molar-refractivity contribution is 8.00. The minimum atomic E-state index is -0.873. The van der Waals surface area contributed by atoms with Crippen LogP contribution >= 0.6 is 23.4 Å². The number of hydrogen-bond acceptors (Lipinski definition) is 7. The van der Waals surface area contributed by atoms with E-state index in [4.69, 9.17) is 21.1 Å². The average molecular weight is 542 g/mol. The van der Waals surface area contributed by atoms with Gasteiger partial charge in [0.2, 0.25) is 5.91 Å². The van der Waals surface area contributed by atoms with Crippen LogP contribution < -0.4 is 4.90 Å². The summed E-state index contributed by atoms with van der Waals surface area (Å²) in [6.07, 6.45) is 5.17. The molecule has 1 aliphatic carbocycles. The quantitative estimate of drug-likeness (QED) is 0.182. The van der Waals surface area contributed by atoms with Crippen LogP contribution in [0.5, 0.6) is 0 Å². The fourth-order valence-corrected chi connectivity index (χ4v) is 4.69. The number of ether oxygens (including phenoxy) is 2. The molecule has 0 heterocycles. The zero-order valence-corrected chi connectivity index (χ0v) is 22.6. The van der Waals surface area contributed by atoms with Crippen molar-refractivity contribution in [2.45, 2.75) is 77.0 Å². The number of carbonyl (C=O) groups is 4. The molecule has 10 heteroatoms. The Morgan fingerprint density at radius 1 is 1.00 bits per heavy atom. The molecule has 0 N–H and O–H groups in total. The maximum absolute atomic E-state index is 15.0. The van der Waals surface area contributed by atoms with E-state index in [1.807, 2.05) is 13.8 Å². The standard InChI is InChI=1S/C26H33ClFNO6S/c1-4-6-12-34-24(31)16-36-23-15-22(21(28)14-20(23)27)29(17(3)30)25(32)18-10-8-9-11-19(18)26(33)35-13-7-5-2/h14-15H,4-13,16H2,1-3H3. The molecular weight excluding hydrogens is 509 g/mol. The summed E-state index contributed by atoms with van der Waals surface area (Å²) in [7, 11) is 0. The van der Waals surface area contributed by atoms with Gasteiger partial charge in [0.15, 0.2) is 0 Å². The normalized spacial score (nSPS) is 13.4. The molecule has 0 saturated heterocycles. The second-order valence-corrected chi connectivity index (χ2v) is 9.83. The van der Waals surface area contributed by atoms with E-state index in [1.165, 1.54) is 6.07 Å². The maximum atomic E-state index is 15.0. The van der Waals surface area contributed by atoms with Crippen LogP contribution in [0, 0.1) is 5.82 Å². The van der Waals surface area contributed by atoms with Crippen LogP contribution in [0.15, 0.2) is 28.2 Å². The van der Waals surface area contributed by atoms with E-state index in [0.29, 0.717) is 37.2 Å². The molecule has 0 radical (unpaired) electrons. The highest BCUT2D eigenvalue weighted by Crippen LogP contribution is 2.36. The number of carbonyl (C=O) groups excluding carboxylic acids is 4. The smallest absolute Gasteiger partial charge is 0.334 e. The van der Waals surface area contributed by atoms with Crippen molar-refractivity contribution in [2.75, 3.05) is 23.9 Å². The number of hydrogen-bond donors (Lipinski definition) is 0. The van der Waals surface area contributed by atoms with Gasteiger partial charge in [-0.3, -0.25) is 14.4 Å². The lowest BCUT2D eigenvalue weighted by atomic mass is 9.90. The predicted molar refractivity (Wildman–Crippen MR) is 138 cm³/mol. The summed E-state index contributed by atoms with van der Waals surface area (Å²) in [5, 5.41) is 0.0376. The molecule has 0 saturated carbocycles. The Bertz CT molecular complexity index is 1010. The fraction of sp³-hybridized carbons (Fsp3) is 0.538. The summed E-state index contributed by atoms with van der Waals surface area (Å²) in [5.41, 5.74) is 0.0870. The molecule has 1 aliphatic rings. The van der Waals surface area contributed by atoms with Gasteiger partial charge < -0.3 is 9.47 Å². The lowest BCUT2D eigenvalue weighted by molar-refractivity contribution is -0.141. The summed E-state index contributed by atoms with van der Waals surface area (Å²) in [5.74, 6) is -3.45. The number of nitrogens with zero attached hydrogens (tertiary/aromatic N) is 1. The maximum Gasteiger partial charge on any atom is 0.334 e. The van der Waals surface area contributed by atoms with Gasteiger partial charge in [-0.25, -0.2) is 14.1 Å². The topological polar surface area (TPSA) is 90.0 Å². The fourth-order valence-electron chi connectivity index (χ4n) is 3.63. The van der Waals surface area contributed by atoms with Gasteiger partial charge in [0, 0.05) is 23.0 Å². The predicted octanol–water partition coefficient (Wildman–Crippen LogP) is 6.01. The third-order valence-corrected chi connectivity index (χ3v) is 7.02. The lowest BCUT2D eigenvalue weighted by Crippen LogP contribution is -2.38. The molecule has 1 aromatic carbocycles. The van der Waals surface area contributed by atoms with Crippen LogP contribution in [-0.4, -0.2) is 42.7 Å². The SMILES string of the molecule is CCCCOC(=O)CSc1cc(N(C(C)=O)C(=O)C2=C(C(=O)OCCCC)CCCC2)c(F)cc1Cl.